The summed E-state index contributed by atoms with van der Waals surface area (Å²) in [7, 11) is 1.65. The van der Waals surface area contributed by atoms with Crippen LogP contribution in [0.25, 0.3) is 0 Å². The van der Waals surface area contributed by atoms with E-state index in [1.54, 1.807) is 19.2 Å². The molecule has 96 valence electrons. The molecule has 1 rings (SSSR count). The average molecular weight is 325 g/mol. The maximum absolute atomic E-state index is 13.8. The molecule has 1 aromatic rings. The number of benzene rings is 1. The Hall–Kier alpha value is -0.160. The highest BCUT2D eigenvalue weighted by Gasteiger charge is 2.16. The van der Waals surface area contributed by atoms with Crippen molar-refractivity contribution in [1.29, 1.82) is 0 Å². The molecule has 0 bridgehead atoms. The summed E-state index contributed by atoms with van der Waals surface area (Å²) < 4.78 is 19.5. The number of halogens is 3. The number of hydrogen-bond donors (Lipinski definition) is 1. The van der Waals surface area contributed by atoms with Crippen molar-refractivity contribution in [1.82, 2.24) is 0 Å². The van der Waals surface area contributed by atoms with E-state index in [4.69, 9.17) is 22.1 Å². The van der Waals surface area contributed by atoms with Crippen molar-refractivity contribution in [3.8, 4) is 0 Å². The minimum absolute atomic E-state index is 0.0812. The molecule has 0 radical (unpaired) electrons. The smallest absolute Gasteiger partial charge is 0.147 e. The largest absolute Gasteiger partial charge is 0.382 e. The zero-order valence-corrected chi connectivity index (χ0v) is 12.2. The number of hydrogen-bond acceptors (Lipinski definition) is 2. The Balaban J connectivity index is 2.76. The summed E-state index contributed by atoms with van der Waals surface area (Å²) in [6.45, 7) is 1.96. The van der Waals surface area contributed by atoms with Crippen LogP contribution in [0.3, 0.4) is 0 Å². The molecule has 17 heavy (non-hydrogen) atoms. The fourth-order valence-electron chi connectivity index (χ4n) is 1.51. The van der Waals surface area contributed by atoms with Crippen LogP contribution in [0.1, 0.15) is 31.4 Å². The molecular weight excluding hydrogens is 308 g/mol. The van der Waals surface area contributed by atoms with Crippen LogP contribution < -0.4 is 5.73 Å². The molecule has 2 nitrogen and oxygen atoms in total. The van der Waals surface area contributed by atoms with E-state index in [1.165, 1.54) is 0 Å². The molecule has 2 N–H and O–H groups in total. The molecule has 1 aromatic carbocycles. The lowest BCUT2D eigenvalue weighted by Gasteiger charge is -2.16. The highest BCUT2D eigenvalue weighted by molar-refractivity contribution is 9.10. The first-order chi connectivity index (χ1) is 7.97. The van der Waals surface area contributed by atoms with Crippen molar-refractivity contribution in [2.75, 3.05) is 7.11 Å². The number of nitrogens with two attached hydrogens (primary N) is 1. The van der Waals surface area contributed by atoms with E-state index in [0.29, 0.717) is 16.5 Å². The highest BCUT2D eigenvalue weighted by atomic mass is 79.9. The van der Waals surface area contributed by atoms with Gasteiger partial charge in [0.2, 0.25) is 0 Å². The van der Waals surface area contributed by atoms with Crippen LogP contribution in [0.5, 0.6) is 0 Å². The van der Waals surface area contributed by atoms with Crippen LogP contribution >= 0.6 is 27.5 Å². The van der Waals surface area contributed by atoms with Crippen LogP contribution in [0.4, 0.5) is 4.39 Å². The van der Waals surface area contributed by atoms with Crippen LogP contribution in [0, 0.1) is 5.82 Å². The van der Waals surface area contributed by atoms with Crippen molar-refractivity contribution < 1.29 is 9.13 Å². The molecule has 0 fully saturated rings. The van der Waals surface area contributed by atoms with Gasteiger partial charge in [-0.15, -0.1) is 0 Å². The fraction of sp³-hybridized carbons (Fsp3) is 0.500. The van der Waals surface area contributed by atoms with Gasteiger partial charge in [0.1, 0.15) is 5.82 Å². The van der Waals surface area contributed by atoms with E-state index in [1.807, 2.05) is 6.92 Å². The quantitative estimate of drug-likeness (QED) is 0.829. The van der Waals surface area contributed by atoms with E-state index >= 15 is 0 Å². The summed E-state index contributed by atoms with van der Waals surface area (Å²) in [4.78, 5) is 0. The Bertz CT molecular complexity index is 389. The lowest BCUT2D eigenvalue weighted by Crippen LogP contribution is -2.15. The van der Waals surface area contributed by atoms with Crippen LogP contribution in [-0.2, 0) is 4.74 Å². The van der Waals surface area contributed by atoms with Crippen molar-refractivity contribution in [2.24, 2.45) is 5.73 Å². The summed E-state index contributed by atoms with van der Waals surface area (Å²) in [6.07, 6.45) is 1.56. The Morgan fingerprint density at radius 3 is 2.71 bits per heavy atom. The first-order valence-corrected chi connectivity index (χ1v) is 6.56. The Morgan fingerprint density at radius 1 is 1.47 bits per heavy atom. The van der Waals surface area contributed by atoms with Gasteiger partial charge in [-0.2, -0.15) is 0 Å². The second-order valence-electron chi connectivity index (χ2n) is 3.99. The predicted octanol–water partition coefficient (Wildman–Crippen LogP) is 4.06. The first kappa shape index (κ1) is 14.9. The summed E-state index contributed by atoms with van der Waals surface area (Å²) in [5.41, 5.74) is 6.39. The fourth-order valence-corrected chi connectivity index (χ4v) is 1.99. The molecule has 0 spiro atoms. The van der Waals surface area contributed by atoms with E-state index < -0.39 is 5.82 Å². The van der Waals surface area contributed by atoms with Gasteiger partial charge in [-0.05, 0) is 41.8 Å². The molecule has 5 heteroatoms. The van der Waals surface area contributed by atoms with E-state index in [0.717, 1.165) is 6.42 Å². The summed E-state index contributed by atoms with van der Waals surface area (Å²) in [5.74, 6) is -0.446. The predicted molar refractivity (Wildman–Crippen MR) is 71.7 cm³/mol. The molecule has 0 heterocycles. The molecular formula is C12H16BrClFNO. The van der Waals surface area contributed by atoms with Gasteiger partial charge in [-0.3, -0.25) is 0 Å². The Kier molecular flexibility index (Phi) is 5.86. The van der Waals surface area contributed by atoms with Crippen LogP contribution in [0.2, 0.25) is 5.02 Å². The normalized spacial score (nSPS) is 14.7. The van der Waals surface area contributed by atoms with Crippen molar-refractivity contribution in [3.05, 3.63) is 33.0 Å². The standard InChI is InChI=1S/C12H16BrClFNO/c1-7(17-2)3-6-10(16)8-4-5-9(13)11(14)12(8)15/h4-5,7,10H,3,6,16H2,1-2H3. The van der Waals surface area contributed by atoms with Gasteiger partial charge in [0.05, 0.1) is 11.1 Å². The second kappa shape index (κ2) is 6.69. The summed E-state index contributed by atoms with van der Waals surface area (Å²) in [5, 5.41) is 0.0812. The molecule has 2 unspecified atom stereocenters. The minimum Gasteiger partial charge on any atom is -0.382 e. The molecule has 0 aromatic heterocycles. The van der Waals surface area contributed by atoms with E-state index in [-0.39, 0.29) is 17.2 Å². The molecule has 0 aliphatic rings. The second-order valence-corrected chi connectivity index (χ2v) is 5.23. The monoisotopic (exact) mass is 323 g/mol. The van der Waals surface area contributed by atoms with Gasteiger partial charge in [0.25, 0.3) is 0 Å². The van der Waals surface area contributed by atoms with Gasteiger partial charge in [0, 0.05) is 23.2 Å². The zero-order valence-electron chi connectivity index (χ0n) is 9.84. The molecule has 0 saturated heterocycles. The van der Waals surface area contributed by atoms with Crippen molar-refractivity contribution in [2.45, 2.75) is 31.9 Å². The molecule has 0 aliphatic heterocycles. The van der Waals surface area contributed by atoms with Gasteiger partial charge in [-0.1, -0.05) is 17.7 Å². The van der Waals surface area contributed by atoms with Crippen molar-refractivity contribution in [3.63, 3.8) is 0 Å². The molecule has 0 saturated carbocycles. The van der Waals surface area contributed by atoms with Gasteiger partial charge in [-0.25, -0.2) is 4.39 Å². The van der Waals surface area contributed by atoms with Crippen molar-refractivity contribution >= 4 is 27.5 Å². The number of ether oxygens (including phenoxy) is 1. The Morgan fingerprint density at radius 2 is 2.12 bits per heavy atom. The SMILES string of the molecule is COC(C)CCC(N)c1ccc(Br)c(Cl)c1F. The van der Waals surface area contributed by atoms with E-state index in [2.05, 4.69) is 15.9 Å². The van der Waals surface area contributed by atoms with Crippen LogP contribution in [0.15, 0.2) is 16.6 Å². The average Bonchev–Trinajstić information content (AvgIpc) is 2.32. The first-order valence-electron chi connectivity index (χ1n) is 5.39. The number of rotatable bonds is 5. The topological polar surface area (TPSA) is 35.2 Å². The maximum atomic E-state index is 13.8. The highest BCUT2D eigenvalue weighted by Crippen LogP contribution is 2.31. The summed E-state index contributed by atoms with van der Waals surface area (Å²) in [6, 6.07) is 3.01. The molecule has 2 atom stereocenters. The molecule has 0 aliphatic carbocycles. The summed E-state index contributed by atoms with van der Waals surface area (Å²) >= 11 is 8.98. The van der Waals surface area contributed by atoms with Gasteiger partial charge >= 0.3 is 0 Å². The zero-order chi connectivity index (χ0) is 13.0. The third-order valence-electron chi connectivity index (χ3n) is 2.75. The Labute approximate surface area is 114 Å². The minimum atomic E-state index is -0.446. The lowest BCUT2D eigenvalue weighted by molar-refractivity contribution is 0.107. The third-order valence-corrected chi connectivity index (χ3v) is 4.01. The van der Waals surface area contributed by atoms with E-state index in [9.17, 15) is 4.39 Å². The third kappa shape index (κ3) is 3.91. The number of methoxy groups -OCH3 is 1. The maximum Gasteiger partial charge on any atom is 0.147 e. The van der Waals surface area contributed by atoms with Gasteiger partial charge < -0.3 is 10.5 Å². The van der Waals surface area contributed by atoms with Crippen LogP contribution in [-0.4, -0.2) is 13.2 Å². The van der Waals surface area contributed by atoms with Gasteiger partial charge in [0.15, 0.2) is 0 Å². The molecule has 0 amide bonds. The lowest BCUT2D eigenvalue weighted by atomic mass is 10.0.